The van der Waals surface area contributed by atoms with Gasteiger partial charge in [-0.15, -0.1) is 11.8 Å². The number of hydrogen-bond donors (Lipinski definition) is 0. The Labute approximate surface area is 288 Å². The summed E-state index contributed by atoms with van der Waals surface area (Å²) in [5.41, 5.74) is 0.911. The van der Waals surface area contributed by atoms with Crippen molar-refractivity contribution >= 4 is 62.9 Å². The molecule has 0 unspecified atom stereocenters. The molecule has 46 heavy (non-hydrogen) atoms. The lowest BCUT2D eigenvalue weighted by Gasteiger charge is -2.40. The van der Waals surface area contributed by atoms with E-state index in [1.165, 1.54) is 7.11 Å². The first-order valence-corrected chi connectivity index (χ1v) is 24.7. The van der Waals surface area contributed by atoms with E-state index in [1.807, 2.05) is 18.2 Å². The molecule has 3 rings (SSSR count). The van der Waals surface area contributed by atoms with E-state index in [9.17, 15) is 9.59 Å². The van der Waals surface area contributed by atoms with Gasteiger partial charge in [-0.05, 0) is 72.7 Å². The lowest BCUT2D eigenvalue weighted by molar-refractivity contribution is -0.137. The van der Waals surface area contributed by atoms with Crippen LogP contribution in [-0.4, -0.2) is 70.2 Å². The summed E-state index contributed by atoms with van der Waals surface area (Å²) in [5.74, 6) is 3.10. The Morgan fingerprint density at radius 2 is 1.72 bits per heavy atom. The molecule has 0 saturated heterocycles. The van der Waals surface area contributed by atoms with Crippen molar-refractivity contribution in [2.75, 3.05) is 24.4 Å². The number of hydrogen-bond acceptors (Lipinski definition) is 8. The highest BCUT2D eigenvalue weighted by atomic mass is 32.2. The van der Waals surface area contributed by atoms with E-state index in [0.717, 1.165) is 47.5 Å². The maximum Gasteiger partial charge on any atom is 0.315 e. The quantitative estimate of drug-likeness (QED) is 0.0740. The molecule has 258 valence electrons. The number of benzene rings is 1. The summed E-state index contributed by atoms with van der Waals surface area (Å²) in [6.45, 7) is 22.7. The van der Waals surface area contributed by atoms with Gasteiger partial charge in [0.05, 0.1) is 30.3 Å². The van der Waals surface area contributed by atoms with Crippen molar-refractivity contribution in [3.05, 3.63) is 48.2 Å². The van der Waals surface area contributed by atoms with Crippen molar-refractivity contribution in [2.45, 2.75) is 121 Å². The van der Waals surface area contributed by atoms with E-state index in [0.29, 0.717) is 12.2 Å². The molecular weight excluding hydrogens is 649 g/mol. The van der Waals surface area contributed by atoms with Gasteiger partial charge in [-0.25, -0.2) is 0 Å². The minimum absolute atomic E-state index is 0.0222. The summed E-state index contributed by atoms with van der Waals surface area (Å²) < 4.78 is 24.9. The summed E-state index contributed by atoms with van der Waals surface area (Å²) in [5, 5.41) is 1.08. The number of fused-ring (bicyclic) bond motifs is 1. The zero-order valence-electron chi connectivity index (χ0n) is 30.1. The molecule has 6 nitrogen and oxygen atoms in total. The first-order valence-electron chi connectivity index (χ1n) is 16.6. The van der Waals surface area contributed by atoms with Crippen LogP contribution in [0.5, 0.6) is 0 Å². The van der Waals surface area contributed by atoms with Crippen LogP contribution in [0, 0.1) is 5.92 Å². The SMILES string of the molecule is COC(=O)CSCCCS[C@H]1C(=O)C[C@@H](O[Si](C)(C)C(C)(C)C)[C@@H]1/C=C/[C@H](CCc1cc2ccccc2o1)O[Si](C)(C)C(C)(C)C. The maximum absolute atomic E-state index is 13.6. The second-order valence-electron chi connectivity index (χ2n) is 15.5. The van der Waals surface area contributed by atoms with Gasteiger partial charge in [-0.1, -0.05) is 71.9 Å². The van der Waals surface area contributed by atoms with Crippen molar-refractivity contribution in [2.24, 2.45) is 5.92 Å². The first kappa shape index (κ1) is 39.1. The van der Waals surface area contributed by atoms with E-state index in [4.69, 9.17) is 18.0 Å². The standard InChI is InChI=1S/C36H58O6S2Si2/c1-35(2,3)45(8,9)41-27(17-18-28-23-26-15-12-13-16-31(26)40-28)19-20-29-32(42-46(10,11)36(4,5)6)24-30(37)34(29)44-22-14-21-43-25-33(38)39-7/h12-13,15-16,19-20,23,27,29,32,34H,14,17-18,21-22,24-25H2,1-11H3/b20-19+/t27-,29-,32+,34+/m0/s1. The second-order valence-corrected chi connectivity index (χ2v) is 27.4. The average molecular weight is 707 g/mol. The average Bonchev–Trinajstić information content (AvgIpc) is 3.49. The Balaban J connectivity index is 1.83. The molecule has 1 heterocycles. The molecule has 1 aromatic carbocycles. The fourth-order valence-corrected chi connectivity index (χ4v) is 9.95. The number of para-hydroxylation sites is 1. The molecule has 1 aliphatic rings. The Morgan fingerprint density at radius 3 is 2.35 bits per heavy atom. The molecule has 1 aliphatic carbocycles. The van der Waals surface area contributed by atoms with Gasteiger partial charge in [0.25, 0.3) is 0 Å². The topological polar surface area (TPSA) is 75.0 Å². The third-order valence-corrected chi connectivity index (χ3v) is 21.4. The van der Waals surface area contributed by atoms with Crippen LogP contribution < -0.4 is 0 Å². The number of Topliss-reactive ketones (excluding diaryl/α,β-unsaturated/α-hetero) is 1. The molecule has 10 heteroatoms. The van der Waals surface area contributed by atoms with Crippen LogP contribution in [0.25, 0.3) is 11.0 Å². The van der Waals surface area contributed by atoms with Gasteiger partial charge in [0.15, 0.2) is 16.6 Å². The third-order valence-electron chi connectivity index (χ3n) is 9.88. The highest BCUT2D eigenvalue weighted by molar-refractivity contribution is 8.01. The number of ether oxygens (including phenoxy) is 1. The van der Waals surface area contributed by atoms with Crippen LogP contribution in [0.1, 0.15) is 66.6 Å². The second kappa shape index (κ2) is 16.4. The van der Waals surface area contributed by atoms with Gasteiger partial charge in [-0.3, -0.25) is 9.59 Å². The third kappa shape index (κ3) is 10.9. The summed E-state index contributed by atoms with van der Waals surface area (Å²) in [4.78, 5) is 25.0. The minimum Gasteiger partial charge on any atom is -0.468 e. The summed E-state index contributed by atoms with van der Waals surface area (Å²) >= 11 is 3.32. The number of esters is 1. The molecule has 1 aromatic heterocycles. The van der Waals surface area contributed by atoms with Gasteiger partial charge < -0.3 is 18.0 Å². The predicted octanol–water partition coefficient (Wildman–Crippen LogP) is 9.69. The van der Waals surface area contributed by atoms with Crippen LogP contribution in [0.2, 0.25) is 36.3 Å². The maximum atomic E-state index is 13.6. The molecule has 1 fully saturated rings. The molecule has 0 radical (unpaired) electrons. The Kier molecular flexibility index (Phi) is 13.9. The molecule has 0 spiro atoms. The van der Waals surface area contributed by atoms with Crippen LogP contribution in [-0.2, 0) is 29.6 Å². The normalized spacial score (nSPS) is 20.6. The van der Waals surface area contributed by atoms with E-state index in [1.54, 1.807) is 23.5 Å². The van der Waals surface area contributed by atoms with Crippen molar-refractivity contribution < 1.29 is 27.6 Å². The van der Waals surface area contributed by atoms with Crippen LogP contribution in [0.15, 0.2) is 46.9 Å². The highest BCUT2D eigenvalue weighted by Crippen LogP contribution is 2.43. The zero-order chi connectivity index (χ0) is 34.3. The molecule has 0 amide bonds. The number of methoxy groups -OCH3 is 1. The van der Waals surface area contributed by atoms with Crippen molar-refractivity contribution in [1.82, 2.24) is 0 Å². The molecular formula is C36H58O6S2Si2. The Morgan fingerprint density at radius 1 is 1.04 bits per heavy atom. The fourth-order valence-electron chi connectivity index (χ4n) is 5.00. The van der Waals surface area contributed by atoms with Crippen LogP contribution in [0.3, 0.4) is 0 Å². The largest absolute Gasteiger partial charge is 0.468 e. The van der Waals surface area contributed by atoms with E-state index < -0.39 is 16.6 Å². The van der Waals surface area contributed by atoms with E-state index in [2.05, 4.69) is 92.0 Å². The van der Waals surface area contributed by atoms with Crippen LogP contribution in [0.4, 0.5) is 0 Å². The van der Waals surface area contributed by atoms with Crippen LogP contribution >= 0.6 is 23.5 Å². The number of furan rings is 1. The van der Waals surface area contributed by atoms with Gasteiger partial charge in [-0.2, -0.15) is 11.8 Å². The van der Waals surface area contributed by atoms with Crippen molar-refractivity contribution in [3.63, 3.8) is 0 Å². The number of carbonyl (C=O) groups excluding carboxylic acids is 2. The lowest BCUT2D eigenvalue weighted by atomic mass is 10.0. The summed E-state index contributed by atoms with van der Waals surface area (Å²) in [7, 11) is -2.77. The van der Waals surface area contributed by atoms with Crippen molar-refractivity contribution in [3.8, 4) is 0 Å². The number of carbonyl (C=O) groups is 2. The minimum atomic E-state index is -2.11. The summed E-state index contributed by atoms with van der Waals surface area (Å²) in [6.07, 6.45) is 7.19. The van der Waals surface area contributed by atoms with Gasteiger partial charge in [0, 0.05) is 24.1 Å². The van der Waals surface area contributed by atoms with E-state index in [-0.39, 0.29) is 45.2 Å². The number of thioether (sulfide) groups is 2. The monoisotopic (exact) mass is 706 g/mol. The number of ketones is 1. The fraction of sp³-hybridized carbons (Fsp3) is 0.667. The Hall–Kier alpha value is -1.31. The Bertz CT molecular complexity index is 1290. The lowest BCUT2D eigenvalue weighted by Crippen LogP contribution is -2.45. The number of aryl methyl sites for hydroxylation is 1. The molecule has 0 bridgehead atoms. The van der Waals surface area contributed by atoms with E-state index >= 15 is 0 Å². The zero-order valence-corrected chi connectivity index (χ0v) is 33.7. The molecule has 0 N–H and O–H groups in total. The molecule has 4 atom stereocenters. The van der Waals surface area contributed by atoms with Crippen molar-refractivity contribution in [1.29, 1.82) is 0 Å². The molecule has 0 aliphatic heterocycles. The first-order chi connectivity index (χ1) is 21.3. The number of rotatable bonds is 16. The van der Waals surface area contributed by atoms with Gasteiger partial charge in [0.2, 0.25) is 0 Å². The molecule has 1 saturated carbocycles. The van der Waals surface area contributed by atoms with Gasteiger partial charge >= 0.3 is 5.97 Å². The highest BCUT2D eigenvalue weighted by Gasteiger charge is 2.47. The van der Waals surface area contributed by atoms with Gasteiger partial charge in [0.1, 0.15) is 17.1 Å². The molecule has 2 aromatic rings. The summed E-state index contributed by atoms with van der Waals surface area (Å²) in [6, 6.07) is 10.3. The smallest absolute Gasteiger partial charge is 0.315 e. The predicted molar refractivity (Wildman–Crippen MR) is 201 cm³/mol.